The number of ether oxygens (including phenoxy) is 2. The molecule has 1 aromatic rings. The lowest BCUT2D eigenvalue weighted by Gasteiger charge is -2.16. The first kappa shape index (κ1) is 23.0. The molecule has 0 saturated heterocycles. The van der Waals surface area contributed by atoms with Gasteiger partial charge in [0.15, 0.2) is 0 Å². The molecule has 0 aliphatic heterocycles. The Kier molecular flexibility index (Phi) is 11.8. The van der Waals surface area contributed by atoms with Crippen LogP contribution in [0.1, 0.15) is 32.8 Å². The van der Waals surface area contributed by atoms with Gasteiger partial charge in [-0.3, -0.25) is 4.79 Å². The van der Waals surface area contributed by atoms with Crippen molar-refractivity contribution in [3.05, 3.63) is 28.8 Å². The second-order valence-electron chi connectivity index (χ2n) is 5.60. The van der Waals surface area contributed by atoms with Gasteiger partial charge in [0.05, 0.1) is 11.6 Å². The van der Waals surface area contributed by atoms with Crippen LogP contribution in [0.25, 0.3) is 0 Å². The van der Waals surface area contributed by atoms with E-state index in [4.69, 9.17) is 21.1 Å². The van der Waals surface area contributed by atoms with E-state index in [0.29, 0.717) is 42.8 Å². The Balaban J connectivity index is 0.00000529. The van der Waals surface area contributed by atoms with Crippen LogP contribution >= 0.6 is 24.0 Å². The fourth-order valence-corrected chi connectivity index (χ4v) is 2.17. The minimum absolute atomic E-state index is 0. The molecule has 24 heavy (non-hydrogen) atoms. The highest BCUT2D eigenvalue weighted by Gasteiger charge is 2.09. The van der Waals surface area contributed by atoms with Crippen LogP contribution < -0.4 is 10.1 Å². The maximum absolute atomic E-state index is 11.3. The second-order valence-corrected chi connectivity index (χ2v) is 6.00. The average Bonchev–Trinajstić information content (AvgIpc) is 2.50. The third-order valence-electron chi connectivity index (χ3n) is 3.11. The minimum atomic E-state index is -0.600. The third-order valence-corrected chi connectivity index (χ3v) is 3.41. The number of nitrogens with one attached hydrogen (secondary N) is 1. The summed E-state index contributed by atoms with van der Waals surface area (Å²) in [5.74, 6) is 0.305. The van der Waals surface area contributed by atoms with Crippen molar-refractivity contribution in [3.63, 3.8) is 0 Å². The number of aryl methyl sites for hydroxylation is 1. The number of rotatable bonds is 10. The lowest BCUT2D eigenvalue weighted by molar-refractivity contribution is -0.143. The van der Waals surface area contributed by atoms with Gasteiger partial charge in [-0.1, -0.05) is 31.5 Å². The molecule has 7 heteroatoms. The summed E-state index contributed by atoms with van der Waals surface area (Å²) in [5, 5.41) is 13.4. The SMILES string of the molecule is CCOC(=O)CCc1ccc(OCC(O)CNC(C)C)c(Cl)c1.Cl. The Hall–Kier alpha value is -1.01. The van der Waals surface area contributed by atoms with Gasteiger partial charge in [-0.2, -0.15) is 0 Å². The zero-order chi connectivity index (χ0) is 17.2. The van der Waals surface area contributed by atoms with Gasteiger partial charge in [0.25, 0.3) is 0 Å². The van der Waals surface area contributed by atoms with Gasteiger partial charge < -0.3 is 19.9 Å². The highest BCUT2D eigenvalue weighted by molar-refractivity contribution is 6.32. The fraction of sp³-hybridized carbons (Fsp3) is 0.588. The summed E-state index contributed by atoms with van der Waals surface area (Å²) >= 11 is 6.18. The van der Waals surface area contributed by atoms with E-state index in [-0.39, 0.29) is 25.0 Å². The van der Waals surface area contributed by atoms with E-state index in [9.17, 15) is 9.90 Å². The van der Waals surface area contributed by atoms with Crippen molar-refractivity contribution in [2.24, 2.45) is 0 Å². The Labute approximate surface area is 155 Å². The summed E-state index contributed by atoms with van der Waals surface area (Å²) in [6, 6.07) is 5.70. The second kappa shape index (κ2) is 12.4. The monoisotopic (exact) mass is 379 g/mol. The summed E-state index contributed by atoms with van der Waals surface area (Å²) < 4.78 is 10.4. The molecule has 0 saturated carbocycles. The quantitative estimate of drug-likeness (QED) is 0.611. The molecule has 0 bridgehead atoms. The van der Waals surface area contributed by atoms with Crippen LogP contribution in [0.5, 0.6) is 5.75 Å². The molecule has 0 spiro atoms. The number of hydrogen-bond acceptors (Lipinski definition) is 5. The molecule has 1 rings (SSSR count). The van der Waals surface area contributed by atoms with Gasteiger partial charge in [-0.05, 0) is 31.0 Å². The Morgan fingerprint density at radius 2 is 2.08 bits per heavy atom. The first-order valence-corrected chi connectivity index (χ1v) is 8.28. The molecule has 1 aromatic carbocycles. The van der Waals surface area contributed by atoms with E-state index in [2.05, 4.69) is 5.32 Å². The van der Waals surface area contributed by atoms with Crippen molar-refractivity contribution in [1.82, 2.24) is 5.32 Å². The van der Waals surface area contributed by atoms with Crippen molar-refractivity contribution < 1.29 is 19.4 Å². The van der Waals surface area contributed by atoms with Gasteiger partial charge in [0.1, 0.15) is 18.5 Å². The molecule has 0 aromatic heterocycles. The first-order chi connectivity index (χ1) is 10.9. The third kappa shape index (κ3) is 9.33. The number of esters is 1. The summed E-state index contributed by atoms with van der Waals surface area (Å²) in [4.78, 5) is 11.3. The molecular formula is C17H27Cl2NO4. The Morgan fingerprint density at radius 1 is 1.38 bits per heavy atom. The van der Waals surface area contributed by atoms with Crippen LogP contribution in [0.2, 0.25) is 5.02 Å². The standard InChI is InChI=1S/C17H26ClNO4.ClH/c1-4-22-17(21)8-6-13-5-7-16(15(18)9-13)23-11-14(20)10-19-12(2)3;/h5,7,9,12,14,19-20H,4,6,8,10-11H2,1-3H3;1H. The zero-order valence-corrected chi connectivity index (χ0v) is 16.0. The van der Waals surface area contributed by atoms with Crippen molar-refractivity contribution >= 4 is 30.0 Å². The van der Waals surface area contributed by atoms with Crippen molar-refractivity contribution in [1.29, 1.82) is 0 Å². The fourth-order valence-electron chi connectivity index (χ4n) is 1.91. The number of halogens is 2. The molecular weight excluding hydrogens is 353 g/mol. The van der Waals surface area contributed by atoms with Gasteiger partial charge in [-0.25, -0.2) is 0 Å². The molecule has 0 fully saturated rings. The number of carbonyl (C=O) groups excluding carboxylic acids is 1. The topological polar surface area (TPSA) is 67.8 Å². The largest absolute Gasteiger partial charge is 0.489 e. The van der Waals surface area contributed by atoms with E-state index in [0.717, 1.165) is 5.56 Å². The summed E-state index contributed by atoms with van der Waals surface area (Å²) in [5.41, 5.74) is 0.942. The molecule has 0 aliphatic carbocycles. The van der Waals surface area contributed by atoms with E-state index in [1.165, 1.54) is 0 Å². The summed E-state index contributed by atoms with van der Waals surface area (Å²) in [7, 11) is 0. The summed E-state index contributed by atoms with van der Waals surface area (Å²) in [6.07, 6.45) is 0.293. The maximum Gasteiger partial charge on any atom is 0.306 e. The van der Waals surface area contributed by atoms with Crippen LogP contribution in [0.15, 0.2) is 18.2 Å². The smallest absolute Gasteiger partial charge is 0.306 e. The predicted molar refractivity (Wildman–Crippen MR) is 98.3 cm³/mol. The van der Waals surface area contributed by atoms with E-state index in [1.807, 2.05) is 19.9 Å². The molecule has 0 aliphatic rings. The van der Waals surface area contributed by atoms with E-state index in [1.54, 1.807) is 19.1 Å². The van der Waals surface area contributed by atoms with Crippen molar-refractivity contribution in [3.8, 4) is 5.75 Å². The highest BCUT2D eigenvalue weighted by atomic mass is 35.5. The number of carbonyl (C=O) groups is 1. The maximum atomic E-state index is 11.3. The minimum Gasteiger partial charge on any atom is -0.489 e. The average molecular weight is 380 g/mol. The lowest BCUT2D eigenvalue weighted by Crippen LogP contribution is -2.35. The van der Waals surface area contributed by atoms with Crippen LogP contribution in [0.4, 0.5) is 0 Å². The lowest BCUT2D eigenvalue weighted by atomic mass is 10.1. The van der Waals surface area contributed by atoms with E-state index >= 15 is 0 Å². The molecule has 0 heterocycles. The van der Waals surface area contributed by atoms with Crippen LogP contribution in [0, 0.1) is 0 Å². The van der Waals surface area contributed by atoms with E-state index < -0.39 is 6.10 Å². The van der Waals surface area contributed by atoms with Crippen molar-refractivity contribution in [2.45, 2.75) is 45.8 Å². The summed E-state index contributed by atoms with van der Waals surface area (Å²) in [6.45, 7) is 6.83. The Morgan fingerprint density at radius 3 is 2.67 bits per heavy atom. The van der Waals surface area contributed by atoms with Gasteiger partial charge in [0.2, 0.25) is 0 Å². The Bertz CT molecular complexity index is 497. The molecule has 0 amide bonds. The van der Waals surface area contributed by atoms with Crippen molar-refractivity contribution in [2.75, 3.05) is 19.8 Å². The van der Waals surface area contributed by atoms with Gasteiger partial charge >= 0.3 is 5.97 Å². The molecule has 1 atom stereocenters. The predicted octanol–water partition coefficient (Wildman–Crippen LogP) is 3.00. The number of aliphatic hydroxyl groups excluding tert-OH is 1. The molecule has 5 nitrogen and oxygen atoms in total. The van der Waals surface area contributed by atoms with Gasteiger partial charge in [-0.15, -0.1) is 12.4 Å². The number of aliphatic hydroxyl groups is 1. The number of hydrogen-bond donors (Lipinski definition) is 2. The zero-order valence-electron chi connectivity index (χ0n) is 14.4. The normalized spacial score (nSPS) is 11.8. The molecule has 138 valence electrons. The molecule has 1 unspecified atom stereocenters. The number of benzene rings is 1. The molecule has 2 N–H and O–H groups in total. The van der Waals surface area contributed by atoms with Gasteiger partial charge in [0, 0.05) is 19.0 Å². The first-order valence-electron chi connectivity index (χ1n) is 7.90. The van der Waals surface area contributed by atoms with Crippen LogP contribution in [0.3, 0.4) is 0 Å². The highest BCUT2D eigenvalue weighted by Crippen LogP contribution is 2.26. The molecule has 0 radical (unpaired) electrons. The van der Waals surface area contributed by atoms with Crippen LogP contribution in [-0.4, -0.2) is 43.0 Å². The van der Waals surface area contributed by atoms with Crippen LogP contribution in [-0.2, 0) is 16.0 Å².